The summed E-state index contributed by atoms with van der Waals surface area (Å²) in [6.45, 7) is 6.18. The molecule has 0 saturated carbocycles. The fourth-order valence-corrected chi connectivity index (χ4v) is 8.27. The van der Waals surface area contributed by atoms with Crippen LogP contribution in [0, 0.1) is 5.92 Å². The second kappa shape index (κ2) is 35.6. The number of amides is 11. The first-order valence-corrected chi connectivity index (χ1v) is 26.6. The number of hydrogen-bond donors (Lipinski definition) is 18. The molecule has 2 rings (SSSR count). The zero-order valence-electron chi connectivity index (χ0n) is 45.8. The fraction of sp³-hybridized carbons (Fsp3) is 0.660. The quantitative estimate of drug-likeness (QED) is 0.0457. The first kappa shape index (κ1) is 68.2. The Bertz CT molecular complexity index is 2190. The Morgan fingerprint density at radius 1 is 0.570 bits per heavy atom. The lowest BCUT2D eigenvalue weighted by molar-refractivity contribution is -0.137. The maximum absolute atomic E-state index is 14.4. The average Bonchev–Trinajstić information content (AvgIpc) is 3.39. The van der Waals surface area contributed by atoms with Crippen molar-refractivity contribution < 1.29 is 63.0 Å². The average molecular weight is 1120 g/mol. The molecule has 29 nitrogen and oxygen atoms in total. The van der Waals surface area contributed by atoms with Crippen LogP contribution in [0.2, 0.25) is 0 Å². The van der Waals surface area contributed by atoms with Gasteiger partial charge in [-0.25, -0.2) is 0 Å². The van der Waals surface area contributed by atoms with Gasteiger partial charge in [0, 0.05) is 19.9 Å². The van der Waals surface area contributed by atoms with Gasteiger partial charge in [0.25, 0.3) is 0 Å². The van der Waals surface area contributed by atoms with Crippen molar-refractivity contribution in [3.63, 3.8) is 0 Å². The summed E-state index contributed by atoms with van der Waals surface area (Å²) in [5.74, 6) is -10.1. The van der Waals surface area contributed by atoms with E-state index in [1.807, 2.05) is 0 Å². The minimum atomic E-state index is -1.69. The molecule has 444 valence electrons. The van der Waals surface area contributed by atoms with Crippen molar-refractivity contribution in [3.05, 3.63) is 35.9 Å². The molecule has 23 N–H and O–H groups in total. The minimum absolute atomic E-state index is 0.00166. The molecule has 0 spiro atoms. The van der Waals surface area contributed by atoms with Gasteiger partial charge in [-0.05, 0) is 109 Å². The van der Waals surface area contributed by atoms with Gasteiger partial charge in [-0.1, -0.05) is 44.2 Å². The van der Waals surface area contributed by atoms with Gasteiger partial charge in [0.15, 0.2) is 0 Å². The van der Waals surface area contributed by atoms with Crippen molar-refractivity contribution in [1.29, 1.82) is 0 Å². The van der Waals surface area contributed by atoms with Crippen LogP contribution in [0.4, 0.5) is 0 Å². The number of carbonyl (C=O) groups excluding carboxylic acids is 11. The molecule has 1 aliphatic rings. The van der Waals surface area contributed by atoms with E-state index in [2.05, 4.69) is 58.5 Å². The summed E-state index contributed by atoms with van der Waals surface area (Å²) in [6, 6.07) is -6.13. The van der Waals surface area contributed by atoms with E-state index >= 15 is 0 Å². The Morgan fingerprint density at radius 2 is 1.06 bits per heavy atom. The predicted molar refractivity (Wildman–Crippen MR) is 289 cm³/mol. The zero-order chi connectivity index (χ0) is 59.4. The number of hydrogen-bond acceptors (Lipinski definition) is 18. The smallest absolute Gasteiger partial charge is 0.245 e. The normalized spacial score (nSPS) is 23.3. The molecule has 79 heavy (non-hydrogen) atoms. The Morgan fingerprint density at radius 3 is 1.57 bits per heavy atom. The second-order valence-corrected chi connectivity index (χ2v) is 19.8. The molecular formula is C50H86N16O13. The van der Waals surface area contributed by atoms with Gasteiger partial charge in [-0.2, -0.15) is 0 Å². The van der Waals surface area contributed by atoms with Gasteiger partial charge >= 0.3 is 0 Å². The monoisotopic (exact) mass is 1120 g/mol. The number of nitrogens with one attached hydrogen (secondary N) is 11. The van der Waals surface area contributed by atoms with Crippen LogP contribution in [-0.4, -0.2) is 187 Å². The highest BCUT2D eigenvalue weighted by molar-refractivity contribution is 5.99. The van der Waals surface area contributed by atoms with Gasteiger partial charge in [-0.3, -0.25) is 52.7 Å². The van der Waals surface area contributed by atoms with Crippen molar-refractivity contribution >= 4 is 65.0 Å². The van der Waals surface area contributed by atoms with E-state index in [4.69, 9.17) is 28.7 Å². The Balaban J connectivity index is 2.75. The van der Waals surface area contributed by atoms with Crippen molar-refractivity contribution in [2.24, 2.45) is 34.6 Å². The standard InChI is InChI=1S/C50H86N16O13/c1-26(2)24-37-47(76)58-31(12-9-18-51)41(70)60-35(16-22-55)46(75)65-39(27(3)67)49(78)56-23-17-36(44(73)59-33(14-20-53)43(72)64-38(48(77)63-37)25-30-10-7-6-8-11-30)61-42(71)34(15-21-54)62-50(79)40(28(4)68)66-45(74)32(13-19-52)57-29(5)69/h6-8,10-11,26-28,31-40,67-68H,9,12-25,51-55H2,1-5H3,(H,56,78)(H,57,69)(H,58,76)(H,59,73)(H,60,70)(H,61,71)(H,62,79)(H,63,77)(H,64,72)(H,65,75)(H,66,74)/t27-,28-,31+,32+,33+,34+,35+,36+,37+,38-,39+,40+/m1/s1. The van der Waals surface area contributed by atoms with Gasteiger partial charge in [0.2, 0.25) is 65.0 Å². The summed E-state index contributed by atoms with van der Waals surface area (Å²) >= 11 is 0. The summed E-state index contributed by atoms with van der Waals surface area (Å²) in [6.07, 6.45) is -4.12. The van der Waals surface area contributed by atoms with Crippen LogP contribution in [0.1, 0.15) is 91.5 Å². The second-order valence-electron chi connectivity index (χ2n) is 19.8. The molecule has 0 radical (unpaired) electrons. The third-order valence-electron chi connectivity index (χ3n) is 12.5. The molecule has 1 aliphatic heterocycles. The molecule has 1 aromatic carbocycles. The first-order valence-electron chi connectivity index (χ1n) is 26.6. The number of carbonyl (C=O) groups is 11. The molecule has 0 aliphatic carbocycles. The summed E-state index contributed by atoms with van der Waals surface area (Å²) in [5, 5.41) is 49.1. The summed E-state index contributed by atoms with van der Waals surface area (Å²) in [4.78, 5) is 152. The molecule has 0 aromatic heterocycles. The lowest BCUT2D eigenvalue weighted by Gasteiger charge is -2.29. The van der Waals surface area contributed by atoms with E-state index in [1.165, 1.54) is 13.8 Å². The van der Waals surface area contributed by atoms with Gasteiger partial charge in [0.1, 0.15) is 60.4 Å². The molecule has 1 fully saturated rings. The molecule has 11 amide bonds. The van der Waals surface area contributed by atoms with Gasteiger partial charge in [0.05, 0.1) is 12.2 Å². The first-order chi connectivity index (χ1) is 37.4. The van der Waals surface area contributed by atoms with E-state index in [0.29, 0.717) is 5.56 Å². The number of rotatable bonds is 24. The zero-order valence-corrected chi connectivity index (χ0v) is 45.8. The molecule has 1 aromatic rings. The van der Waals surface area contributed by atoms with Crippen molar-refractivity contribution in [2.45, 2.75) is 165 Å². The number of benzene rings is 1. The van der Waals surface area contributed by atoms with Crippen molar-refractivity contribution in [2.75, 3.05) is 39.3 Å². The van der Waals surface area contributed by atoms with E-state index in [-0.39, 0.29) is 90.0 Å². The Hall–Kier alpha value is -6.89. The number of aliphatic hydroxyl groups is 2. The van der Waals surface area contributed by atoms with Crippen LogP contribution in [0.25, 0.3) is 0 Å². The van der Waals surface area contributed by atoms with Crippen LogP contribution in [-0.2, 0) is 59.2 Å². The maximum atomic E-state index is 14.4. The predicted octanol–water partition coefficient (Wildman–Crippen LogP) is -7.44. The highest BCUT2D eigenvalue weighted by Gasteiger charge is 2.37. The molecular weight excluding hydrogens is 1030 g/mol. The largest absolute Gasteiger partial charge is 0.391 e. The summed E-state index contributed by atoms with van der Waals surface area (Å²) in [7, 11) is 0. The third-order valence-corrected chi connectivity index (χ3v) is 12.5. The van der Waals surface area contributed by atoms with Crippen LogP contribution < -0.4 is 87.2 Å². The number of aliphatic hydroxyl groups excluding tert-OH is 2. The molecule has 1 heterocycles. The van der Waals surface area contributed by atoms with Crippen molar-refractivity contribution in [3.8, 4) is 0 Å². The minimum Gasteiger partial charge on any atom is -0.391 e. The van der Waals surface area contributed by atoms with Gasteiger partial charge < -0.3 is 97.4 Å². The Labute approximate surface area is 460 Å². The topological polar surface area (TPSA) is 491 Å². The van der Waals surface area contributed by atoms with Crippen LogP contribution in [0.15, 0.2) is 30.3 Å². The maximum Gasteiger partial charge on any atom is 0.245 e. The number of nitrogens with two attached hydrogens (primary N) is 5. The molecule has 29 heteroatoms. The lowest BCUT2D eigenvalue weighted by Crippen LogP contribution is -2.62. The molecule has 12 atom stereocenters. The lowest BCUT2D eigenvalue weighted by atomic mass is 10.00. The van der Waals surface area contributed by atoms with Crippen molar-refractivity contribution in [1.82, 2.24) is 58.5 Å². The highest BCUT2D eigenvalue weighted by Crippen LogP contribution is 2.12. The van der Waals surface area contributed by atoms with Crippen LogP contribution in [0.3, 0.4) is 0 Å². The van der Waals surface area contributed by atoms with E-state index < -0.39 is 151 Å². The molecule has 0 unspecified atom stereocenters. The molecule has 1 saturated heterocycles. The Kier molecular flexibility index (Phi) is 30.7. The fourth-order valence-electron chi connectivity index (χ4n) is 8.27. The highest BCUT2D eigenvalue weighted by atomic mass is 16.3. The van der Waals surface area contributed by atoms with E-state index in [9.17, 15) is 63.0 Å². The van der Waals surface area contributed by atoms with Crippen LogP contribution in [0.5, 0.6) is 0 Å². The van der Waals surface area contributed by atoms with Crippen LogP contribution >= 0.6 is 0 Å². The molecule has 0 bridgehead atoms. The SMILES string of the molecule is CC(=O)N[C@@H](CCN)C(=O)N[C@H](C(=O)N[C@@H](CCN)C(=O)N[C@H]1CCNC(=O)[C@H]([C@@H](C)O)NC(=O)[C@H](CCN)NC(=O)[C@H](CCCN)NC(=O)[C@H](CC(C)C)NC(=O)[C@@H](Cc2ccccc2)NC(=O)[C@H](CCN)NC1=O)[C@@H](C)O. The summed E-state index contributed by atoms with van der Waals surface area (Å²) < 4.78 is 0. The van der Waals surface area contributed by atoms with E-state index in [0.717, 1.165) is 6.92 Å². The van der Waals surface area contributed by atoms with E-state index in [1.54, 1.807) is 44.2 Å². The summed E-state index contributed by atoms with van der Waals surface area (Å²) in [5.41, 5.74) is 29.6. The third kappa shape index (κ3) is 23.9. The van der Waals surface area contributed by atoms with Gasteiger partial charge in [-0.15, -0.1) is 0 Å².